The molecule has 4 nitrogen and oxygen atoms in total. The van der Waals surface area contributed by atoms with Gasteiger partial charge in [-0.2, -0.15) is 0 Å². The molecule has 0 heterocycles. The Hall–Kier alpha value is -2.20. The van der Waals surface area contributed by atoms with E-state index < -0.39 is 5.91 Å². The maximum absolute atomic E-state index is 11.4. The second-order valence-electron chi connectivity index (χ2n) is 4.47. The van der Waals surface area contributed by atoms with Crippen molar-refractivity contribution in [3.63, 3.8) is 0 Å². The Balaban J connectivity index is 2.00. The molecular formula is C15H16ClN3O. The molecule has 0 unspecified atom stereocenters. The van der Waals surface area contributed by atoms with Gasteiger partial charge >= 0.3 is 0 Å². The highest BCUT2D eigenvalue weighted by Crippen LogP contribution is 2.20. The summed E-state index contributed by atoms with van der Waals surface area (Å²) in [5.74, 6) is -0.498. The van der Waals surface area contributed by atoms with E-state index in [1.165, 1.54) is 5.56 Å². The number of nitrogens with two attached hydrogens (primary N) is 2. The van der Waals surface area contributed by atoms with Crippen LogP contribution in [-0.2, 0) is 6.42 Å². The molecule has 2 rings (SSSR count). The van der Waals surface area contributed by atoms with Gasteiger partial charge in [0.15, 0.2) is 0 Å². The lowest BCUT2D eigenvalue weighted by Crippen LogP contribution is -2.15. The first-order valence-electron chi connectivity index (χ1n) is 6.24. The van der Waals surface area contributed by atoms with Gasteiger partial charge in [0.2, 0.25) is 0 Å². The first kappa shape index (κ1) is 14.2. The summed E-state index contributed by atoms with van der Waals surface area (Å²) in [4.78, 5) is 11.4. The molecule has 104 valence electrons. The van der Waals surface area contributed by atoms with Gasteiger partial charge in [0.1, 0.15) is 0 Å². The van der Waals surface area contributed by atoms with E-state index in [1.54, 1.807) is 18.2 Å². The van der Waals surface area contributed by atoms with Gasteiger partial charge in [-0.05, 0) is 42.3 Å². The fourth-order valence-electron chi connectivity index (χ4n) is 1.90. The molecule has 1 amide bonds. The summed E-state index contributed by atoms with van der Waals surface area (Å²) < 4.78 is 0. The van der Waals surface area contributed by atoms with Gasteiger partial charge in [0.05, 0.1) is 5.56 Å². The molecule has 2 aromatic rings. The molecule has 20 heavy (non-hydrogen) atoms. The van der Waals surface area contributed by atoms with Crippen LogP contribution in [0.4, 0.5) is 11.4 Å². The Morgan fingerprint density at radius 2 is 1.85 bits per heavy atom. The molecule has 0 bridgehead atoms. The fraction of sp³-hybridized carbons (Fsp3) is 0.133. The van der Waals surface area contributed by atoms with Gasteiger partial charge in [-0.25, -0.2) is 0 Å². The maximum Gasteiger partial charge on any atom is 0.250 e. The van der Waals surface area contributed by atoms with E-state index in [2.05, 4.69) is 5.32 Å². The third-order valence-corrected chi connectivity index (χ3v) is 3.19. The minimum Gasteiger partial charge on any atom is -0.399 e. The van der Waals surface area contributed by atoms with Crippen LogP contribution >= 0.6 is 11.6 Å². The number of benzene rings is 2. The van der Waals surface area contributed by atoms with Gasteiger partial charge in [0.25, 0.3) is 5.91 Å². The molecule has 5 heteroatoms. The van der Waals surface area contributed by atoms with Crippen molar-refractivity contribution in [2.75, 3.05) is 17.6 Å². The minimum absolute atomic E-state index is 0.398. The zero-order valence-electron chi connectivity index (χ0n) is 10.9. The molecule has 0 fully saturated rings. The molecule has 0 aromatic heterocycles. The van der Waals surface area contributed by atoms with E-state index in [1.807, 2.05) is 24.3 Å². The number of hydrogen-bond acceptors (Lipinski definition) is 3. The summed E-state index contributed by atoms with van der Waals surface area (Å²) in [6.45, 7) is 0.686. The molecule has 0 aliphatic rings. The molecule has 0 atom stereocenters. The normalized spacial score (nSPS) is 10.2. The number of anilines is 2. The second kappa shape index (κ2) is 6.30. The van der Waals surface area contributed by atoms with Crippen molar-refractivity contribution in [3.05, 3.63) is 58.6 Å². The first-order chi connectivity index (χ1) is 9.56. The lowest BCUT2D eigenvalue weighted by Gasteiger charge is -2.10. The Morgan fingerprint density at radius 3 is 2.50 bits per heavy atom. The maximum atomic E-state index is 11.4. The van der Waals surface area contributed by atoms with Crippen LogP contribution < -0.4 is 16.8 Å². The van der Waals surface area contributed by atoms with Crippen molar-refractivity contribution >= 4 is 28.9 Å². The van der Waals surface area contributed by atoms with E-state index >= 15 is 0 Å². The summed E-state index contributed by atoms with van der Waals surface area (Å²) in [6.07, 6.45) is 0.821. The third kappa shape index (κ3) is 3.65. The molecule has 0 saturated heterocycles. The van der Waals surface area contributed by atoms with Gasteiger partial charge in [-0.3, -0.25) is 4.79 Å². The van der Waals surface area contributed by atoms with E-state index in [-0.39, 0.29) is 0 Å². The lowest BCUT2D eigenvalue weighted by molar-refractivity contribution is 0.100. The van der Waals surface area contributed by atoms with Crippen LogP contribution in [0.5, 0.6) is 0 Å². The molecule has 2 aromatic carbocycles. The van der Waals surface area contributed by atoms with Gasteiger partial charge < -0.3 is 16.8 Å². The Kier molecular flexibility index (Phi) is 4.48. The quantitative estimate of drug-likeness (QED) is 0.740. The highest BCUT2D eigenvalue weighted by molar-refractivity contribution is 6.31. The number of nitrogens with one attached hydrogen (secondary N) is 1. The molecule has 0 aliphatic carbocycles. The number of amides is 1. The van der Waals surface area contributed by atoms with Crippen molar-refractivity contribution in [1.29, 1.82) is 0 Å². The summed E-state index contributed by atoms with van der Waals surface area (Å²) in [5, 5.41) is 3.68. The molecule has 0 aliphatic heterocycles. The monoisotopic (exact) mass is 289 g/mol. The van der Waals surface area contributed by atoms with Crippen LogP contribution in [0.1, 0.15) is 15.9 Å². The van der Waals surface area contributed by atoms with E-state index in [4.69, 9.17) is 23.1 Å². The number of hydrogen-bond donors (Lipinski definition) is 3. The fourth-order valence-corrected chi connectivity index (χ4v) is 2.07. The lowest BCUT2D eigenvalue weighted by atomic mass is 10.1. The first-order valence-corrected chi connectivity index (χ1v) is 6.61. The Labute approximate surface area is 122 Å². The van der Waals surface area contributed by atoms with Gasteiger partial charge in [0, 0.05) is 22.9 Å². The summed E-state index contributed by atoms with van der Waals surface area (Å²) in [6, 6.07) is 12.7. The number of carbonyl (C=O) groups is 1. The van der Waals surface area contributed by atoms with Crippen molar-refractivity contribution < 1.29 is 4.79 Å². The van der Waals surface area contributed by atoms with Crippen LogP contribution in [-0.4, -0.2) is 12.5 Å². The predicted octanol–water partition coefficient (Wildman–Crippen LogP) is 2.68. The minimum atomic E-state index is -0.498. The zero-order valence-corrected chi connectivity index (χ0v) is 11.7. The topological polar surface area (TPSA) is 81.1 Å². The van der Waals surface area contributed by atoms with Crippen molar-refractivity contribution in [2.45, 2.75) is 6.42 Å². The van der Waals surface area contributed by atoms with Crippen LogP contribution in [0.3, 0.4) is 0 Å². The number of rotatable bonds is 5. The standard InChI is InChI=1S/C15H16ClN3O/c16-11-3-6-14(13(9-11)15(18)20)19-8-7-10-1-4-12(17)5-2-10/h1-6,9,19H,7-8,17H2,(H2,18,20). The number of carbonyl (C=O) groups excluding carboxylic acids is 1. The molecule has 5 N–H and O–H groups in total. The largest absolute Gasteiger partial charge is 0.399 e. The van der Waals surface area contributed by atoms with Crippen LogP contribution in [0.15, 0.2) is 42.5 Å². The van der Waals surface area contributed by atoms with Crippen molar-refractivity contribution in [2.24, 2.45) is 5.73 Å². The molecule has 0 saturated carbocycles. The summed E-state index contributed by atoms with van der Waals surface area (Å²) >= 11 is 5.86. The van der Waals surface area contributed by atoms with Crippen molar-refractivity contribution in [1.82, 2.24) is 0 Å². The SMILES string of the molecule is NC(=O)c1cc(Cl)ccc1NCCc1ccc(N)cc1. The predicted molar refractivity (Wildman–Crippen MR) is 83.0 cm³/mol. The van der Waals surface area contributed by atoms with Crippen LogP contribution in [0.2, 0.25) is 5.02 Å². The highest BCUT2D eigenvalue weighted by atomic mass is 35.5. The van der Waals surface area contributed by atoms with Crippen LogP contribution in [0, 0.1) is 0 Å². The summed E-state index contributed by atoms with van der Waals surface area (Å²) in [7, 11) is 0. The van der Waals surface area contributed by atoms with Gasteiger partial charge in [-0.15, -0.1) is 0 Å². The summed E-state index contributed by atoms with van der Waals surface area (Å²) in [5.41, 5.74) is 14.0. The number of primary amides is 1. The third-order valence-electron chi connectivity index (χ3n) is 2.96. The van der Waals surface area contributed by atoms with E-state index in [9.17, 15) is 4.79 Å². The Bertz CT molecular complexity index is 611. The smallest absolute Gasteiger partial charge is 0.250 e. The number of halogens is 1. The average Bonchev–Trinajstić information content (AvgIpc) is 2.42. The van der Waals surface area contributed by atoms with Crippen molar-refractivity contribution in [3.8, 4) is 0 Å². The van der Waals surface area contributed by atoms with Crippen LogP contribution in [0.25, 0.3) is 0 Å². The average molecular weight is 290 g/mol. The molecule has 0 spiro atoms. The second-order valence-corrected chi connectivity index (χ2v) is 4.91. The highest BCUT2D eigenvalue weighted by Gasteiger charge is 2.08. The Morgan fingerprint density at radius 1 is 1.15 bits per heavy atom. The van der Waals surface area contributed by atoms with E-state index in [0.29, 0.717) is 22.8 Å². The zero-order chi connectivity index (χ0) is 14.5. The molecular weight excluding hydrogens is 274 g/mol. The molecule has 0 radical (unpaired) electrons. The van der Waals surface area contributed by atoms with E-state index in [0.717, 1.165) is 12.1 Å². The number of nitrogen functional groups attached to an aromatic ring is 1. The van der Waals surface area contributed by atoms with Gasteiger partial charge in [-0.1, -0.05) is 23.7 Å².